The molecule has 10 heteroatoms. The molecule has 29 heavy (non-hydrogen) atoms. The molecule has 2 aromatic carbocycles. The largest absolute Gasteiger partial charge is 0.465 e. The van der Waals surface area contributed by atoms with Crippen LogP contribution in [-0.4, -0.2) is 26.5 Å². The number of rotatable bonds is 5. The van der Waals surface area contributed by atoms with E-state index in [9.17, 15) is 13.2 Å². The molecule has 4 aromatic rings. The molecular formula is C19H12ClNO6S2. The lowest BCUT2D eigenvalue weighted by Gasteiger charge is -2.10. The minimum atomic E-state index is -4.35. The first-order chi connectivity index (χ1) is 13.9. The zero-order chi connectivity index (χ0) is 20.6. The summed E-state index contributed by atoms with van der Waals surface area (Å²) in [5.74, 6) is -0.676. The summed E-state index contributed by atoms with van der Waals surface area (Å²) in [5.41, 5.74) is 1.44. The van der Waals surface area contributed by atoms with E-state index in [1.54, 1.807) is 30.3 Å². The molecule has 0 aliphatic carbocycles. The molecule has 0 atom stereocenters. The molecular weight excluding hydrogens is 438 g/mol. The Bertz CT molecular complexity index is 1290. The number of hydrogen-bond donors (Lipinski definition) is 0. The van der Waals surface area contributed by atoms with Gasteiger partial charge in [-0.3, -0.25) is 0 Å². The van der Waals surface area contributed by atoms with Crippen molar-refractivity contribution in [3.8, 4) is 17.2 Å². The fraction of sp³-hybridized carbons (Fsp3) is 0.0526. The van der Waals surface area contributed by atoms with Gasteiger partial charge in [-0.15, -0.1) is 11.3 Å². The van der Waals surface area contributed by atoms with Crippen LogP contribution in [-0.2, 0) is 14.9 Å². The Morgan fingerprint density at radius 3 is 2.72 bits per heavy atom. The molecule has 0 radical (unpaired) electrons. The van der Waals surface area contributed by atoms with Gasteiger partial charge in [0.05, 0.1) is 12.7 Å². The predicted octanol–water partition coefficient (Wildman–Crippen LogP) is 4.76. The molecule has 2 heterocycles. The molecule has 2 aromatic heterocycles. The first-order valence-corrected chi connectivity index (χ1v) is 10.8. The highest BCUT2D eigenvalue weighted by atomic mass is 35.5. The summed E-state index contributed by atoms with van der Waals surface area (Å²) in [5, 5.41) is 1.72. The van der Waals surface area contributed by atoms with Gasteiger partial charge in [0.1, 0.15) is 15.3 Å². The lowest BCUT2D eigenvalue weighted by Crippen LogP contribution is -2.13. The van der Waals surface area contributed by atoms with Crippen molar-refractivity contribution in [2.45, 2.75) is 4.90 Å². The molecule has 0 saturated carbocycles. The normalized spacial score (nSPS) is 11.5. The molecule has 0 spiro atoms. The highest BCUT2D eigenvalue weighted by Gasteiger charge is 2.28. The number of carbonyl (C=O) groups is 1. The predicted molar refractivity (Wildman–Crippen MR) is 108 cm³/mol. The second-order valence-electron chi connectivity index (χ2n) is 5.77. The molecule has 4 rings (SSSR count). The Balaban J connectivity index is 1.79. The average Bonchev–Trinajstić information content (AvgIpc) is 3.34. The van der Waals surface area contributed by atoms with Crippen LogP contribution in [0.2, 0.25) is 5.02 Å². The molecule has 0 N–H and O–H groups in total. The van der Waals surface area contributed by atoms with Crippen LogP contribution in [0.1, 0.15) is 9.67 Å². The van der Waals surface area contributed by atoms with Crippen LogP contribution in [0.5, 0.6) is 5.75 Å². The van der Waals surface area contributed by atoms with Crippen molar-refractivity contribution in [1.82, 2.24) is 4.98 Å². The molecule has 0 unspecified atom stereocenters. The third-order valence-corrected chi connectivity index (χ3v) is 6.47. The number of nitrogens with zero attached hydrogens (tertiary/aromatic N) is 1. The van der Waals surface area contributed by atoms with Crippen molar-refractivity contribution in [1.29, 1.82) is 0 Å². The fourth-order valence-electron chi connectivity index (χ4n) is 2.63. The number of fused-ring (bicyclic) bond motifs is 1. The van der Waals surface area contributed by atoms with E-state index < -0.39 is 16.1 Å². The number of oxazole rings is 1. The molecule has 7 nitrogen and oxygen atoms in total. The highest BCUT2D eigenvalue weighted by Crippen LogP contribution is 2.36. The van der Waals surface area contributed by atoms with Crippen molar-refractivity contribution in [2.75, 3.05) is 7.11 Å². The number of aromatic nitrogens is 1. The molecule has 0 fully saturated rings. The van der Waals surface area contributed by atoms with Gasteiger partial charge in [0, 0.05) is 11.1 Å². The minimum Gasteiger partial charge on any atom is -0.465 e. The summed E-state index contributed by atoms with van der Waals surface area (Å²) < 4.78 is 41.4. The molecule has 0 bridgehead atoms. The molecule has 148 valence electrons. The van der Waals surface area contributed by atoms with Crippen LogP contribution in [0.3, 0.4) is 0 Å². The van der Waals surface area contributed by atoms with E-state index in [1.807, 2.05) is 6.07 Å². The number of thiophene rings is 1. The first kappa shape index (κ1) is 19.4. The van der Waals surface area contributed by atoms with E-state index in [-0.39, 0.29) is 26.4 Å². The number of halogens is 1. The Morgan fingerprint density at radius 1 is 1.17 bits per heavy atom. The van der Waals surface area contributed by atoms with E-state index in [4.69, 9.17) is 20.2 Å². The third kappa shape index (κ3) is 3.71. The monoisotopic (exact) mass is 449 g/mol. The summed E-state index contributed by atoms with van der Waals surface area (Å²) in [7, 11) is -3.18. The van der Waals surface area contributed by atoms with Crippen LogP contribution < -0.4 is 4.18 Å². The van der Waals surface area contributed by atoms with Crippen molar-refractivity contribution in [2.24, 2.45) is 0 Å². The lowest BCUT2D eigenvalue weighted by molar-refractivity contribution is 0.0602. The standard InChI is InChI=1S/C19H12ClNO6S2/c1-25-19(22)17-16(8-9-28-17)29(23,24)27-15-10-11(20)6-7-12(15)18-21-13-4-2-3-5-14(13)26-18/h2-10H,1H3. The van der Waals surface area contributed by atoms with Gasteiger partial charge in [-0.1, -0.05) is 23.7 Å². The van der Waals surface area contributed by atoms with Crippen LogP contribution >= 0.6 is 22.9 Å². The van der Waals surface area contributed by atoms with Gasteiger partial charge >= 0.3 is 16.1 Å². The number of benzene rings is 2. The highest BCUT2D eigenvalue weighted by molar-refractivity contribution is 7.87. The van der Waals surface area contributed by atoms with E-state index in [2.05, 4.69) is 9.72 Å². The summed E-state index contributed by atoms with van der Waals surface area (Å²) in [4.78, 5) is 15.8. The Morgan fingerprint density at radius 2 is 1.97 bits per heavy atom. The number of carbonyl (C=O) groups excluding carboxylic acids is 1. The van der Waals surface area contributed by atoms with Gasteiger partial charge in [0.2, 0.25) is 5.89 Å². The summed E-state index contributed by atoms with van der Waals surface area (Å²) in [6.45, 7) is 0. The van der Waals surface area contributed by atoms with Gasteiger partial charge in [-0.2, -0.15) is 8.42 Å². The minimum absolute atomic E-state index is 0.0777. The van der Waals surface area contributed by atoms with Crippen LogP contribution in [0.4, 0.5) is 0 Å². The summed E-state index contributed by atoms with van der Waals surface area (Å²) in [6, 6.07) is 12.8. The zero-order valence-corrected chi connectivity index (χ0v) is 17.2. The maximum atomic E-state index is 12.9. The van der Waals surface area contributed by atoms with Gasteiger partial charge in [0.15, 0.2) is 11.3 Å². The quantitative estimate of drug-likeness (QED) is 0.320. The molecule has 0 amide bonds. The van der Waals surface area contributed by atoms with Crippen LogP contribution in [0, 0.1) is 0 Å². The summed E-state index contributed by atoms with van der Waals surface area (Å²) >= 11 is 6.98. The van der Waals surface area contributed by atoms with E-state index in [0.717, 1.165) is 11.3 Å². The lowest BCUT2D eigenvalue weighted by atomic mass is 10.2. The van der Waals surface area contributed by atoms with Gasteiger partial charge in [-0.05, 0) is 35.7 Å². The maximum Gasteiger partial charge on any atom is 0.349 e. The van der Waals surface area contributed by atoms with E-state index in [0.29, 0.717) is 16.7 Å². The van der Waals surface area contributed by atoms with Crippen molar-refractivity contribution in [3.05, 3.63) is 63.8 Å². The fourth-order valence-corrected chi connectivity index (χ4v) is 5.04. The first-order valence-electron chi connectivity index (χ1n) is 8.15. The van der Waals surface area contributed by atoms with E-state index >= 15 is 0 Å². The Kier molecular flexibility index (Phi) is 5.03. The van der Waals surface area contributed by atoms with Gasteiger partial charge in [0.25, 0.3) is 0 Å². The number of esters is 1. The van der Waals surface area contributed by atoms with Crippen LogP contribution in [0.15, 0.2) is 63.2 Å². The number of hydrogen-bond acceptors (Lipinski definition) is 8. The third-order valence-electron chi connectivity index (χ3n) is 3.94. The average molecular weight is 450 g/mol. The smallest absolute Gasteiger partial charge is 0.349 e. The van der Waals surface area contributed by atoms with E-state index in [1.165, 1.54) is 24.6 Å². The molecule has 0 saturated heterocycles. The SMILES string of the molecule is COC(=O)c1sccc1S(=O)(=O)Oc1cc(Cl)ccc1-c1nc2ccccc2o1. The topological polar surface area (TPSA) is 95.7 Å². The Hall–Kier alpha value is -2.88. The van der Waals surface area contributed by atoms with Gasteiger partial charge in [-0.25, -0.2) is 9.78 Å². The zero-order valence-electron chi connectivity index (χ0n) is 14.8. The van der Waals surface area contributed by atoms with Crippen molar-refractivity contribution in [3.63, 3.8) is 0 Å². The van der Waals surface area contributed by atoms with Crippen molar-refractivity contribution >= 4 is 50.1 Å². The van der Waals surface area contributed by atoms with Crippen LogP contribution in [0.25, 0.3) is 22.6 Å². The molecule has 0 aliphatic heterocycles. The second kappa shape index (κ2) is 7.51. The number of methoxy groups -OCH3 is 1. The summed E-state index contributed by atoms with van der Waals surface area (Å²) in [6.07, 6.45) is 0. The number of ether oxygens (including phenoxy) is 1. The molecule has 0 aliphatic rings. The Labute approximate surface area is 174 Å². The van der Waals surface area contributed by atoms with Crippen molar-refractivity contribution < 1.29 is 26.5 Å². The number of para-hydroxylation sites is 2. The maximum absolute atomic E-state index is 12.9. The van der Waals surface area contributed by atoms with Gasteiger partial charge < -0.3 is 13.3 Å². The second-order valence-corrected chi connectivity index (χ2v) is 8.64.